The maximum absolute atomic E-state index is 12.5. The maximum Gasteiger partial charge on any atom is 0.251 e. The number of piperazine rings is 1. The van der Waals surface area contributed by atoms with Gasteiger partial charge in [0.05, 0.1) is 18.9 Å². The Hall–Kier alpha value is -3.53. The predicted molar refractivity (Wildman–Crippen MR) is 126 cm³/mol. The van der Waals surface area contributed by atoms with Crippen molar-refractivity contribution in [2.45, 2.75) is 6.61 Å². The SMILES string of the molecule is O=C(NCC(=O)N1CCN(c2ncc(OCc3ccccc3)cn2)CC1)c1ccnc(Br)c1. The Balaban J connectivity index is 1.22. The molecule has 1 aliphatic heterocycles. The molecule has 10 heteroatoms. The largest absolute Gasteiger partial charge is 0.486 e. The third kappa shape index (κ3) is 6.26. The molecular formula is C23H23BrN6O3. The number of nitrogens with one attached hydrogen (secondary N) is 1. The van der Waals surface area contributed by atoms with E-state index in [0.29, 0.717) is 54.7 Å². The van der Waals surface area contributed by atoms with Crippen molar-refractivity contribution in [2.24, 2.45) is 0 Å². The molecule has 9 nitrogen and oxygen atoms in total. The minimum absolute atomic E-state index is 0.0529. The molecule has 1 N–H and O–H groups in total. The van der Waals surface area contributed by atoms with Crippen LogP contribution in [0.1, 0.15) is 15.9 Å². The van der Waals surface area contributed by atoms with E-state index in [1.807, 2.05) is 35.2 Å². The van der Waals surface area contributed by atoms with Crippen LogP contribution in [0.4, 0.5) is 5.95 Å². The van der Waals surface area contributed by atoms with Gasteiger partial charge in [-0.1, -0.05) is 30.3 Å². The van der Waals surface area contributed by atoms with Crippen LogP contribution in [0.25, 0.3) is 0 Å². The summed E-state index contributed by atoms with van der Waals surface area (Å²) in [7, 11) is 0. The Bertz CT molecular complexity index is 1090. The Morgan fingerprint density at radius 2 is 1.73 bits per heavy atom. The van der Waals surface area contributed by atoms with E-state index in [4.69, 9.17) is 4.74 Å². The number of ether oxygens (including phenoxy) is 1. The molecule has 4 rings (SSSR count). The van der Waals surface area contributed by atoms with Gasteiger partial charge in [0.15, 0.2) is 5.75 Å². The van der Waals surface area contributed by atoms with Gasteiger partial charge in [-0.05, 0) is 33.6 Å². The van der Waals surface area contributed by atoms with Crippen LogP contribution in [-0.4, -0.2) is 64.4 Å². The zero-order valence-electron chi connectivity index (χ0n) is 17.9. The summed E-state index contributed by atoms with van der Waals surface area (Å²) in [4.78, 5) is 41.3. The molecule has 3 heterocycles. The van der Waals surface area contributed by atoms with Crippen molar-refractivity contribution < 1.29 is 14.3 Å². The lowest BCUT2D eigenvalue weighted by atomic mass is 10.2. The molecule has 0 unspecified atom stereocenters. The van der Waals surface area contributed by atoms with Crippen molar-refractivity contribution in [2.75, 3.05) is 37.6 Å². The first-order valence-electron chi connectivity index (χ1n) is 10.5. The van der Waals surface area contributed by atoms with Gasteiger partial charge in [-0.3, -0.25) is 9.59 Å². The Kier molecular flexibility index (Phi) is 7.46. The smallest absolute Gasteiger partial charge is 0.251 e. The van der Waals surface area contributed by atoms with Gasteiger partial charge in [-0.2, -0.15) is 0 Å². The van der Waals surface area contributed by atoms with E-state index in [9.17, 15) is 9.59 Å². The first-order chi connectivity index (χ1) is 16.1. The van der Waals surface area contributed by atoms with Crippen molar-refractivity contribution in [1.82, 2.24) is 25.2 Å². The van der Waals surface area contributed by atoms with E-state index < -0.39 is 0 Å². The van der Waals surface area contributed by atoms with Crippen molar-refractivity contribution in [3.05, 3.63) is 76.8 Å². The number of pyridine rings is 1. The van der Waals surface area contributed by atoms with E-state index in [1.54, 1.807) is 29.4 Å². The van der Waals surface area contributed by atoms with Crippen molar-refractivity contribution in [1.29, 1.82) is 0 Å². The molecule has 170 valence electrons. The van der Waals surface area contributed by atoms with Crippen LogP contribution in [-0.2, 0) is 11.4 Å². The highest BCUT2D eigenvalue weighted by Gasteiger charge is 2.23. The van der Waals surface area contributed by atoms with E-state index in [0.717, 1.165) is 5.56 Å². The number of halogens is 1. The second-order valence-electron chi connectivity index (χ2n) is 7.41. The molecule has 0 saturated carbocycles. The third-order valence-corrected chi connectivity index (χ3v) is 5.60. The molecule has 1 saturated heterocycles. The fraction of sp³-hybridized carbons (Fsp3) is 0.261. The van der Waals surface area contributed by atoms with Gasteiger partial charge in [-0.15, -0.1) is 0 Å². The van der Waals surface area contributed by atoms with Crippen LogP contribution in [0.3, 0.4) is 0 Å². The van der Waals surface area contributed by atoms with E-state index in [1.165, 1.54) is 6.20 Å². The highest BCUT2D eigenvalue weighted by molar-refractivity contribution is 9.10. The standard InChI is InChI=1S/C23H23BrN6O3/c24-20-12-18(6-7-25-20)22(32)26-15-21(31)29-8-10-30(11-9-29)23-27-13-19(14-28-23)33-16-17-4-2-1-3-5-17/h1-7,12-14H,8-11,15-16H2,(H,26,32). The first kappa shape index (κ1) is 22.7. The number of amides is 2. The molecule has 0 bridgehead atoms. The van der Waals surface area contributed by atoms with Crippen LogP contribution in [0.2, 0.25) is 0 Å². The zero-order chi connectivity index (χ0) is 23.0. The first-order valence-corrected chi connectivity index (χ1v) is 11.3. The topological polar surface area (TPSA) is 101 Å². The Morgan fingerprint density at radius 3 is 2.42 bits per heavy atom. The Morgan fingerprint density at radius 1 is 1.00 bits per heavy atom. The lowest BCUT2D eigenvalue weighted by Crippen LogP contribution is -2.51. The van der Waals surface area contributed by atoms with E-state index in [2.05, 4.69) is 36.2 Å². The molecule has 0 atom stereocenters. The number of rotatable bonds is 7. The number of hydrogen-bond donors (Lipinski definition) is 1. The van der Waals surface area contributed by atoms with E-state index in [-0.39, 0.29) is 18.4 Å². The molecule has 1 aromatic carbocycles. The third-order valence-electron chi connectivity index (χ3n) is 5.17. The van der Waals surface area contributed by atoms with Gasteiger partial charge in [0.25, 0.3) is 5.91 Å². The number of carbonyl (C=O) groups excluding carboxylic acids is 2. The van der Waals surface area contributed by atoms with Crippen molar-refractivity contribution in [3.63, 3.8) is 0 Å². The number of nitrogens with zero attached hydrogens (tertiary/aromatic N) is 5. The fourth-order valence-corrected chi connectivity index (χ4v) is 3.72. The zero-order valence-corrected chi connectivity index (χ0v) is 19.4. The van der Waals surface area contributed by atoms with Gasteiger partial charge in [0.1, 0.15) is 11.2 Å². The highest BCUT2D eigenvalue weighted by atomic mass is 79.9. The number of benzene rings is 1. The summed E-state index contributed by atoms with van der Waals surface area (Å²) in [5, 5.41) is 2.67. The van der Waals surface area contributed by atoms with Gasteiger partial charge < -0.3 is 19.9 Å². The number of carbonyl (C=O) groups is 2. The number of hydrogen-bond acceptors (Lipinski definition) is 7. The van der Waals surface area contributed by atoms with Gasteiger partial charge in [0, 0.05) is 37.9 Å². The van der Waals surface area contributed by atoms with Crippen LogP contribution >= 0.6 is 15.9 Å². The summed E-state index contributed by atoms with van der Waals surface area (Å²) < 4.78 is 6.30. The molecule has 2 aromatic heterocycles. The molecule has 2 amide bonds. The average Bonchev–Trinajstić information content (AvgIpc) is 2.87. The summed E-state index contributed by atoms with van der Waals surface area (Å²) in [6.45, 7) is 2.70. The van der Waals surface area contributed by atoms with Crippen molar-refractivity contribution in [3.8, 4) is 5.75 Å². The van der Waals surface area contributed by atoms with Gasteiger partial charge in [-0.25, -0.2) is 15.0 Å². The Labute approximate surface area is 199 Å². The van der Waals surface area contributed by atoms with Crippen LogP contribution < -0.4 is 15.0 Å². The lowest BCUT2D eigenvalue weighted by molar-refractivity contribution is -0.130. The van der Waals surface area contributed by atoms with Gasteiger partial charge in [0.2, 0.25) is 11.9 Å². The second-order valence-corrected chi connectivity index (χ2v) is 8.22. The summed E-state index contributed by atoms with van der Waals surface area (Å²) >= 11 is 3.23. The minimum atomic E-state index is -0.312. The van der Waals surface area contributed by atoms with Crippen molar-refractivity contribution >= 4 is 33.7 Å². The molecule has 33 heavy (non-hydrogen) atoms. The normalized spacial score (nSPS) is 13.5. The summed E-state index contributed by atoms with van der Waals surface area (Å²) in [5.41, 5.74) is 1.52. The summed E-state index contributed by atoms with van der Waals surface area (Å²) in [6, 6.07) is 13.1. The predicted octanol–water partition coefficient (Wildman–Crippen LogP) is 2.29. The van der Waals surface area contributed by atoms with Gasteiger partial charge >= 0.3 is 0 Å². The molecular weight excluding hydrogens is 488 g/mol. The number of aromatic nitrogens is 3. The minimum Gasteiger partial charge on any atom is -0.486 e. The molecule has 3 aromatic rings. The second kappa shape index (κ2) is 10.9. The lowest BCUT2D eigenvalue weighted by Gasteiger charge is -2.34. The maximum atomic E-state index is 12.5. The summed E-state index contributed by atoms with van der Waals surface area (Å²) in [6.07, 6.45) is 4.86. The highest BCUT2D eigenvalue weighted by Crippen LogP contribution is 2.15. The van der Waals surface area contributed by atoms with Crippen LogP contribution in [0, 0.1) is 0 Å². The molecule has 0 radical (unpaired) electrons. The molecule has 0 spiro atoms. The average molecular weight is 511 g/mol. The monoisotopic (exact) mass is 510 g/mol. The quantitative estimate of drug-likeness (QED) is 0.486. The molecule has 1 fully saturated rings. The molecule has 1 aliphatic rings. The van der Waals surface area contributed by atoms with Crippen LogP contribution in [0.5, 0.6) is 5.75 Å². The van der Waals surface area contributed by atoms with Crippen LogP contribution in [0.15, 0.2) is 65.7 Å². The van der Waals surface area contributed by atoms with E-state index >= 15 is 0 Å². The fourth-order valence-electron chi connectivity index (χ4n) is 3.36. The summed E-state index contributed by atoms with van der Waals surface area (Å²) in [5.74, 6) is 0.772. The molecule has 0 aliphatic carbocycles. The number of anilines is 1.